The highest BCUT2D eigenvalue weighted by Gasteiger charge is 2.31. The van der Waals surface area contributed by atoms with E-state index in [4.69, 9.17) is 18.0 Å². The lowest BCUT2D eigenvalue weighted by Crippen LogP contribution is -2.19. The largest absolute Gasteiger partial charge is 0.417 e. The molecular weight excluding hydrogens is 413 g/mol. The molecule has 0 fully saturated rings. The normalized spacial score (nSPS) is 11.1. The van der Waals surface area contributed by atoms with Crippen LogP contribution in [-0.2, 0) is 6.18 Å². The molecule has 3 rings (SSSR count). The van der Waals surface area contributed by atoms with Crippen LogP contribution in [0.1, 0.15) is 16.1 Å². The van der Waals surface area contributed by atoms with Crippen LogP contribution in [0.15, 0.2) is 42.7 Å². The minimum atomic E-state index is -4.50. The fraction of sp³-hybridized carbons (Fsp3) is 0.0625. The molecule has 0 aliphatic carbocycles. The highest BCUT2D eigenvalue weighted by atomic mass is 32.1. The van der Waals surface area contributed by atoms with Crippen molar-refractivity contribution in [1.29, 1.82) is 0 Å². The first-order valence-corrected chi connectivity index (χ1v) is 8.75. The number of primary amides is 1. The van der Waals surface area contributed by atoms with E-state index in [0.29, 0.717) is 16.1 Å². The third-order valence-corrected chi connectivity index (χ3v) is 4.43. The molecule has 2 heterocycles. The maximum Gasteiger partial charge on any atom is 0.417 e. The molecule has 3 aromatic rings. The third-order valence-electron chi connectivity index (χ3n) is 3.45. The van der Waals surface area contributed by atoms with Gasteiger partial charge in [-0.3, -0.25) is 9.78 Å². The summed E-state index contributed by atoms with van der Waals surface area (Å²) in [6.07, 6.45) is -2.53. The van der Waals surface area contributed by atoms with Crippen LogP contribution in [0.2, 0.25) is 0 Å². The van der Waals surface area contributed by atoms with Crippen molar-refractivity contribution in [2.45, 2.75) is 6.18 Å². The summed E-state index contributed by atoms with van der Waals surface area (Å²) in [5.41, 5.74) is 5.83. The van der Waals surface area contributed by atoms with Gasteiger partial charge in [-0.15, -0.1) is 5.10 Å². The molecule has 0 saturated heterocycles. The van der Waals surface area contributed by atoms with Crippen LogP contribution in [0, 0.1) is 0 Å². The van der Waals surface area contributed by atoms with E-state index in [1.54, 1.807) is 24.3 Å². The number of carbonyl (C=O) groups is 1. The van der Waals surface area contributed by atoms with E-state index in [1.165, 1.54) is 6.20 Å². The zero-order valence-electron chi connectivity index (χ0n) is 13.8. The van der Waals surface area contributed by atoms with Gasteiger partial charge < -0.3 is 16.4 Å². The van der Waals surface area contributed by atoms with Crippen molar-refractivity contribution in [1.82, 2.24) is 14.6 Å². The molecule has 12 heteroatoms. The zero-order valence-corrected chi connectivity index (χ0v) is 15.5. The monoisotopic (exact) mass is 424 g/mol. The fourth-order valence-corrected chi connectivity index (χ4v) is 3.11. The van der Waals surface area contributed by atoms with Gasteiger partial charge in [0.25, 0.3) is 5.91 Å². The van der Waals surface area contributed by atoms with Gasteiger partial charge in [-0.05, 0) is 47.5 Å². The van der Waals surface area contributed by atoms with Gasteiger partial charge in [-0.2, -0.15) is 13.2 Å². The second-order valence-corrected chi connectivity index (χ2v) is 6.59. The lowest BCUT2D eigenvalue weighted by Gasteiger charge is -2.12. The van der Waals surface area contributed by atoms with Gasteiger partial charge in [0, 0.05) is 11.9 Å². The number of thiocarbonyl (C=S) groups is 1. The number of nitrogens with zero attached hydrogens (tertiary/aromatic N) is 3. The number of anilines is 2. The number of benzene rings is 1. The van der Waals surface area contributed by atoms with Crippen molar-refractivity contribution in [3.8, 4) is 10.4 Å². The molecule has 0 unspecified atom stereocenters. The summed E-state index contributed by atoms with van der Waals surface area (Å²) in [5, 5.41) is 9.28. The summed E-state index contributed by atoms with van der Waals surface area (Å²) >= 11 is 6.15. The van der Waals surface area contributed by atoms with Crippen LogP contribution in [0.3, 0.4) is 0 Å². The van der Waals surface area contributed by atoms with Gasteiger partial charge in [-0.1, -0.05) is 16.6 Å². The Kier molecular flexibility index (Phi) is 5.51. The van der Waals surface area contributed by atoms with Crippen LogP contribution in [-0.4, -0.2) is 25.6 Å². The van der Waals surface area contributed by atoms with E-state index in [9.17, 15) is 18.0 Å². The van der Waals surface area contributed by atoms with Gasteiger partial charge in [0.2, 0.25) is 0 Å². The molecule has 1 amide bonds. The number of nitrogens with one attached hydrogen (secondary N) is 2. The lowest BCUT2D eigenvalue weighted by atomic mass is 10.1. The Labute approximate surface area is 166 Å². The van der Waals surface area contributed by atoms with Crippen molar-refractivity contribution in [2.24, 2.45) is 5.73 Å². The van der Waals surface area contributed by atoms with Gasteiger partial charge in [0.05, 0.1) is 22.3 Å². The molecular formula is C16H11F3N6OS2. The van der Waals surface area contributed by atoms with Gasteiger partial charge in [0.15, 0.2) is 10.8 Å². The zero-order chi connectivity index (χ0) is 20.3. The molecule has 0 spiro atoms. The van der Waals surface area contributed by atoms with E-state index >= 15 is 0 Å². The molecule has 0 atom stereocenters. The number of hydrogen-bond donors (Lipinski definition) is 3. The molecule has 7 nitrogen and oxygen atoms in total. The summed E-state index contributed by atoms with van der Waals surface area (Å²) < 4.78 is 41.9. The molecule has 28 heavy (non-hydrogen) atoms. The minimum Gasteiger partial charge on any atom is -0.364 e. The van der Waals surface area contributed by atoms with Gasteiger partial charge in [-0.25, -0.2) is 0 Å². The fourth-order valence-electron chi connectivity index (χ4n) is 2.20. The number of rotatable bonds is 4. The average molecular weight is 424 g/mol. The number of carbonyl (C=O) groups excluding carboxylic acids is 1. The Bertz CT molecular complexity index is 1020. The molecule has 0 aliphatic heterocycles. The molecule has 0 bridgehead atoms. The highest BCUT2D eigenvalue weighted by Crippen LogP contribution is 2.30. The van der Waals surface area contributed by atoms with Crippen molar-refractivity contribution < 1.29 is 18.0 Å². The van der Waals surface area contributed by atoms with Gasteiger partial charge >= 0.3 is 6.18 Å². The van der Waals surface area contributed by atoms with Crippen LogP contribution in [0.25, 0.3) is 10.4 Å². The van der Waals surface area contributed by atoms with Crippen molar-refractivity contribution >= 4 is 46.1 Å². The summed E-state index contributed by atoms with van der Waals surface area (Å²) in [4.78, 5) is 15.4. The number of nitrogens with two attached hydrogens (primary N) is 1. The Hall–Kier alpha value is -3.12. The Morgan fingerprint density at radius 2 is 1.79 bits per heavy atom. The molecule has 0 aliphatic rings. The van der Waals surface area contributed by atoms with Crippen LogP contribution in [0.5, 0.6) is 0 Å². The predicted octanol–water partition coefficient (Wildman–Crippen LogP) is 3.53. The number of pyridine rings is 1. The van der Waals surface area contributed by atoms with E-state index in [1.807, 2.05) is 0 Å². The Balaban J connectivity index is 1.68. The summed E-state index contributed by atoms with van der Waals surface area (Å²) in [7, 11) is 0. The van der Waals surface area contributed by atoms with E-state index in [-0.39, 0.29) is 16.5 Å². The molecule has 2 aromatic heterocycles. The van der Waals surface area contributed by atoms with E-state index in [0.717, 1.165) is 23.8 Å². The summed E-state index contributed by atoms with van der Waals surface area (Å²) in [6, 6.07) is 7.68. The maximum atomic E-state index is 12.7. The van der Waals surface area contributed by atoms with Crippen LogP contribution < -0.4 is 16.4 Å². The molecule has 1 aromatic carbocycles. The molecule has 0 radical (unpaired) electrons. The predicted molar refractivity (Wildman–Crippen MR) is 103 cm³/mol. The summed E-state index contributed by atoms with van der Waals surface area (Å²) in [5.74, 6) is -0.675. The molecule has 0 saturated carbocycles. The first kappa shape index (κ1) is 19.6. The Morgan fingerprint density at radius 3 is 2.43 bits per heavy atom. The number of halogens is 3. The quantitative estimate of drug-likeness (QED) is 0.550. The first-order valence-electron chi connectivity index (χ1n) is 7.57. The first-order chi connectivity index (χ1) is 13.2. The highest BCUT2D eigenvalue weighted by molar-refractivity contribution is 7.80. The standard InChI is InChI=1S/C16H11F3N6OS2/c17-16(18,19)9-5-11(7-21-6-9)23-15(27)22-10-3-1-8(2-4-10)13-12(14(20)26)24-25-28-13/h1-7H,(H2,20,26)(H2,22,23,27). The van der Waals surface area contributed by atoms with Crippen LogP contribution in [0.4, 0.5) is 24.5 Å². The summed E-state index contributed by atoms with van der Waals surface area (Å²) in [6.45, 7) is 0. The maximum absolute atomic E-state index is 12.7. The topological polar surface area (TPSA) is 106 Å². The van der Waals surface area contributed by atoms with Crippen molar-refractivity contribution in [2.75, 3.05) is 10.6 Å². The second-order valence-electron chi connectivity index (χ2n) is 5.43. The van der Waals surface area contributed by atoms with E-state index in [2.05, 4.69) is 25.2 Å². The minimum absolute atomic E-state index is 0.0833. The van der Waals surface area contributed by atoms with Gasteiger partial charge in [0.1, 0.15) is 0 Å². The lowest BCUT2D eigenvalue weighted by molar-refractivity contribution is -0.137. The molecule has 144 valence electrons. The molecule has 4 N–H and O–H groups in total. The second kappa shape index (κ2) is 7.86. The number of amides is 1. The van der Waals surface area contributed by atoms with Crippen LogP contribution >= 0.6 is 23.8 Å². The third kappa shape index (κ3) is 4.58. The van der Waals surface area contributed by atoms with E-state index < -0.39 is 17.6 Å². The van der Waals surface area contributed by atoms with Crippen molar-refractivity contribution in [3.63, 3.8) is 0 Å². The number of aromatic nitrogens is 3. The Morgan fingerprint density at radius 1 is 1.11 bits per heavy atom. The average Bonchev–Trinajstić information content (AvgIpc) is 3.12. The smallest absolute Gasteiger partial charge is 0.364 e. The number of hydrogen-bond acceptors (Lipinski definition) is 6. The van der Waals surface area contributed by atoms with Crippen molar-refractivity contribution in [3.05, 3.63) is 54.0 Å². The number of alkyl halides is 3. The SMILES string of the molecule is NC(=O)c1nnsc1-c1ccc(NC(=S)Nc2cncc(C(F)(F)F)c2)cc1.